The average molecular weight is 334 g/mol. The Morgan fingerprint density at radius 2 is 1.88 bits per heavy atom. The molecule has 0 aliphatic heterocycles. The molecule has 0 bridgehead atoms. The van der Waals surface area contributed by atoms with E-state index in [0.717, 1.165) is 11.1 Å². The number of ether oxygens (including phenoxy) is 1. The number of furan rings is 1. The molecule has 2 aromatic carbocycles. The second kappa shape index (κ2) is 7.97. The minimum absolute atomic E-state index is 0.315. The molecule has 0 fully saturated rings. The van der Waals surface area contributed by atoms with Crippen LogP contribution in [0, 0.1) is 6.92 Å². The molecule has 0 aliphatic rings. The molecule has 0 aliphatic carbocycles. The fraction of sp³-hybridized carbons (Fsp3) is 0.100. The van der Waals surface area contributed by atoms with E-state index < -0.39 is 0 Å². The lowest BCUT2D eigenvalue weighted by atomic mass is 10.2. The van der Waals surface area contributed by atoms with Gasteiger partial charge in [-0.05, 0) is 30.7 Å². The zero-order valence-corrected chi connectivity index (χ0v) is 13.8. The summed E-state index contributed by atoms with van der Waals surface area (Å²) in [5, 5.41) is 4.01. The molecule has 0 saturated carbocycles. The van der Waals surface area contributed by atoms with Crippen LogP contribution in [0.15, 0.2) is 76.4 Å². The lowest BCUT2D eigenvalue weighted by Crippen LogP contribution is -2.17. The predicted octanol–water partition coefficient (Wildman–Crippen LogP) is 3.93. The number of carbonyl (C=O) groups is 1. The van der Waals surface area contributed by atoms with Crippen molar-refractivity contribution in [2.45, 2.75) is 13.5 Å². The summed E-state index contributed by atoms with van der Waals surface area (Å²) in [5.41, 5.74) is 4.82. The number of amides is 1. The van der Waals surface area contributed by atoms with Crippen LogP contribution in [0.1, 0.15) is 27.2 Å². The fourth-order valence-electron chi connectivity index (χ4n) is 2.30. The number of hydrogen-bond acceptors (Lipinski definition) is 4. The molecule has 0 unspecified atom stereocenters. The third-order valence-corrected chi connectivity index (χ3v) is 3.63. The van der Waals surface area contributed by atoms with Gasteiger partial charge in [-0.1, -0.05) is 42.5 Å². The van der Waals surface area contributed by atoms with Crippen LogP contribution in [-0.2, 0) is 6.61 Å². The third-order valence-electron chi connectivity index (χ3n) is 3.63. The van der Waals surface area contributed by atoms with E-state index in [1.165, 1.54) is 6.26 Å². The Bertz CT molecular complexity index is 869. The molecular weight excluding hydrogens is 316 g/mol. The summed E-state index contributed by atoms with van der Waals surface area (Å²) >= 11 is 0. The fourth-order valence-corrected chi connectivity index (χ4v) is 2.30. The van der Waals surface area contributed by atoms with Crippen molar-refractivity contribution in [1.82, 2.24) is 5.43 Å². The van der Waals surface area contributed by atoms with Gasteiger partial charge in [0.05, 0.1) is 18.0 Å². The Kier molecular flexibility index (Phi) is 5.26. The topological polar surface area (TPSA) is 63.8 Å². The molecule has 0 spiro atoms. The van der Waals surface area contributed by atoms with Crippen LogP contribution in [0.3, 0.4) is 0 Å². The number of aryl methyl sites for hydroxylation is 1. The van der Waals surface area contributed by atoms with Crippen LogP contribution >= 0.6 is 0 Å². The van der Waals surface area contributed by atoms with Gasteiger partial charge in [0.25, 0.3) is 5.91 Å². The second-order valence-corrected chi connectivity index (χ2v) is 5.40. The number of hydrogen-bond donors (Lipinski definition) is 1. The molecule has 3 rings (SSSR count). The molecule has 3 aromatic rings. The second-order valence-electron chi connectivity index (χ2n) is 5.40. The van der Waals surface area contributed by atoms with Gasteiger partial charge in [-0.2, -0.15) is 5.10 Å². The molecule has 1 amide bonds. The zero-order valence-electron chi connectivity index (χ0n) is 13.8. The molecular formula is C20H18N2O3. The normalized spacial score (nSPS) is 10.8. The number of para-hydroxylation sites is 1. The monoisotopic (exact) mass is 334 g/mol. The molecule has 25 heavy (non-hydrogen) atoms. The van der Waals surface area contributed by atoms with Gasteiger partial charge in [0.15, 0.2) is 0 Å². The van der Waals surface area contributed by atoms with E-state index in [9.17, 15) is 4.79 Å². The highest BCUT2D eigenvalue weighted by molar-refractivity contribution is 5.95. The minimum Gasteiger partial charge on any atom is -0.488 e. The molecule has 0 radical (unpaired) electrons. The summed E-state index contributed by atoms with van der Waals surface area (Å²) in [4.78, 5) is 12.0. The summed E-state index contributed by atoms with van der Waals surface area (Å²) in [6.07, 6.45) is 3.04. The van der Waals surface area contributed by atoms with Crippen LogP contribution in [0.25, 0.3) is 0 Å². The number of rotatable bonds is 6. The standard InChI is InChI=1S/C20H18N2O3/c1-15-18(11-12-24-15)20(23)22-21-13-17-9-5-6-10-19(17)25-14-16-7-3-2-4-8-16/h2-13H,14H2,1H3,(H,22,23)/b21-13-. The lowest BCUT2D eigenvalue weighted by Gasteiger charge is -2.08. The first-order chi connectivity index (χ1) is 12.2. The Balaban J connectivity index is 1.64. The van der Waals surface area contributed by atoms with Gasteiger partial charge < -0.3 is 9.15 Å². The van der Waals surface area contributed by atoms with E-state index >= 15 is 0 Å². The molecule has 0 saturated heterocycles. The van der Waals surface area contributed by atoms with Crippen LogP contribution in [0.2, 0.25) is 0 Å². The van der Waals surface area contributed by atoms with Crippen LogP contribution in [0.5, 0.6) is 5.75 Å². The smallest absolute Gasteiger partial charge is 0.274 e. The van der Waals surface area contributed by atoms with Crippen molar-refractivity contribution in [1.29, 1.82) is 0 Å². The highest BCUT2D eigenvalue weighted by Crippen LogP contribution is 2.17. The van der Waals surface area contributed by atoms with E-state index in [-0.39, 0.29) is 5.91 Å². The molecule has 1 N–H and O–H groups in total. The number of nitrogens with one attached hydrogen (secondary N) is 1. The van der Waals surface area contributed by atoms with Crippen molar-refractivity contribution in [2.75, 3.05) is 0 Å². The first kappa shape index (κ1) is 16.5. The molecule has 5 nitrogen and oxygen atoms in total. The zero-order chi connectivity index (χ0) is 17.5. The quantitative estimate of drug-likeness (QED) is 0.549. The van der Waals surface area contributed by atoms with Gasteiger partial charge in [0, 0.05) is 5.56 Å². The van der Waals surface area contributed by atoms with E-state index in [4.69, 9.17) is 9.15 Å². The molecule has 0 atom stereocenters. The van der Waals surface area contributed by atoms with Crippen molar-refractivity contribution in [3.8, 4) is 5.75 Å². The van der Waals surface area contributed by atoms with Gasteiger partial charge in [0.1, 0.15) is 18.1 Å². The van der Waals surface area contributed by atoms with Crippen molar-refractivity contribution in [2.24, 2.45) is 5.10 Å². The van der Waals surface area contributed by atoms with Crippen molar-refractivity contribution in [3.05, 3.63) is 89.4 Å². The summed E-state index contributed by atoms with van der Waals surface area (Å²) in [6, 6.07) is 19.0. The molecule has 1 heterocycles. The van der Waals surface area contributed by atoms with Gasteiger partial charge in [-0.15, -0.1) is 0 Å². The molecule has 5 heteroatoms. The predicted molar refractivity (Wildman–Crippen MR) is 95.7 cm³/mol. The highest BCUT2D eigenvalue weighted by atomic mass is 16.5. The number of nitrogens with zero attached hydrogens (tertiary/aromatic N) is 1. The van der Waals surface area contributed by atoms with Crippen molar-refractivity contribution in [3.63, 3.8) is 0 Å². The maximum Gasteiger partial charge on any atom is 0.274 e. The average Bonchev–Trinajstić information content (AvgIpc) is 3.08. The Morgan fingerprint density at radius 3 is 2.64 bits per heavy atom. The van der Waals surface area contributed by atoms with Crippen LogP contribution in [-0.4, -0.2) is 12.1 Å². The van der Waals surface area contributed by atoms with Crippen LogP contribution < -0.4 is 10.2 Å². The minimum atomic E-state index is -0.315. The highest BCUT2D eigenvalue weighted by Gasteiger charge is 2.10. The lowest BCUT2D eigenvalue weighted by molar-refractivity contribution is 0.0953. The Hall–Kier alpha value is -3.34. The largest absolute Gasteiger partial charge is 0.488 e. The first-order valence-electron chi connectivity index (χ1n) is 7.87. The van der Waals surface area contributed by atoms with Crippen molar-refractivity contribution >= 4 is 12.1 Å². The molecule has 126 valence electrons. The van der Waals surface area contributed by atoms with E-state index in [2.05, 4.69) is 10.5 Å². The number of carbonyl (C=O) groups excluding carboxylic acids is 1. The van der Waals surface area contributed by atoms with E-state index in [1.807, 2.05) is 54.6 Å². The number of hydrazone groups is 1. The van der Waals surface area contributed by atoms with Crippen LogP contribution in [0.4, 0.5) is 0 Å². The SMILES string of the molecule is Cc1occc1C(=O)N/N=C\c1ccccc1OCc1ccccc1. The van der Waals surface area contributed by atoms with Gasteiger partial charge >= 0.3 is 0 Å². The van der Waals surface area contributed by atoms with Gasteiger partial charge in [-0.3, -0.25) is 4.79 Å². The van der Waals surface area contributed by atoms with E-state index in [0.29, 0.717) is 23.7 Å². The third kappa shape index (κ3) is 4.35. The Labute approximate surface area is 145 Å². The maximum absolute atomic E-state index is 12.0. The Morgan fingerprint density at radius 1 is 1.12 bits per heavy atom. The van der Waals surface area contributed by atoms with E-state index in [1.54, 1.807) is 19.2 Å². The molecule has 1 aromatic heterocycles. The van der Waals surface area contributed by atoms with Gasteiger partial charge in [0.2, 0.25) is 0 Å². The summed E-state index contributed by atoms with van der Waals surface area (Å²) in [7, 11) is 0. The summed E-state index contributed by atoms with van der Waals surface area (Å²) in [6.45, 7) is 2.19. The summed E-state index contributed by atoms with van der Waals surface area (Å²) in [5.74, 6) is 0.938. The summed E-state index contributed by atoms with van der Waals surface area (Å²) < 4.78 is 11.0. The van der Waals surface area contributed by atoms with Gasteiger partial charge in [-0.25, -0.2) is 5.43 Å². The van der Waals surface area contributed by atoms with Crippen molar-refractivity contribution < 1.29 is 13.9 Å². The first-order valence-corrected chi connectivity index (χ1v) is 7.87. The maximum atomic E-state index is 12.0. The number of benzene rings is 2.